The monoisotopic (exact) mass is 208 g/mol. The number of rotatable bonds is 3. The summed E-state index contributed by atoms with van der Waals surface area (Å²) in [4.78, 5) is 0. The molecule has 0 spiro atoms. The Bertz CT molecular complexity index is 211. The van der Waals surface area contributed by atoms with Gasteiger partial charge in [0.15, 0.2) is 0 Å². The van der Waals surface area contributed by atoms with E-state index in [0.717, 1.165) is 23.8 Å². The van der Waals surface area contributed by atoms with Gasteiger partial charge in [0.2, 0.25) is 0 Å². The minimum Gasteiger partial charge on any atom is -0.316 e. The molecule has 4 unspecified atom stereocenters. The molecule has 4 atom stereocenters. The van der Waals surface area contributed by atoms with Crippen LogP contribution in [-0.4, -0.2) is 25.7 Å². The van der Waals surface area contributed by atoms with E-state index in [0.29, 0.717) is 0 Å². The van der Waals surface area contributed by atoms with E-state index in [2.05, 4.69) is 10.6 Å². The van der Waals surface area contributed by atoms with Gasteiger partial charge in [0.05, 0.1) is 0 Å². The summed E-state index contributed by atoms with van der Waals surface area (Å²) in [5, 5.41) is 7.35. The van der Waals surface area contributed by atoms with Crippen LogP contribution in [0.4, 0.5) is 0 Å². The molecular weight excluding hydrogens is 184 g/mol. The molecule has 3 fully saturated rings. The van der Waals surface area contributed by atoms with E-state index >= 15 is 0 Å². The molecule has 0 aromatic heterocycles. The van der Waals surface area contributed by atoms with Gasteiger partial charge in [0.25, 0.3) is 0 Å². The Morgan fingerprint density at radius 2 is 2.13 bits per heavy atom. The molecule has 2 saturated carbocycles. The first kappa shape index (κ1) is 10.1. The molecule has 1 aliphatic heterocycles. The van der Waals surface area contributed by atoms with Crippen molar-refractivity contribution in [3.8, 4) is 0 Å². The van der Waals surface area contributed by atoms with Crippen molar-refractivity contribution in [1.82, 2.24) is 10.6 Å². The third kappa shape index (κ3) is 2.21. The minimum absolute atomic E-state index is 0.880. The van der Waals surface area contributed by atoms with Crippen LogP contribution < -0.4 is 10.6 Å². The van der Waals surface area contributed by atoms with Gasteiger partial charge in [-0.1, -0.05) is 6.42 Å². The molecule has 2 nitrogen and oxygen atoms in total. The summed E-state index contributed by atoms with van der Waals surface area (Å²) in [5.41, 5.74) is 0. The van der Waals surface area contributed by atoms with Crippen molar-refractivity contribution in [1.29, 1.82) is 0 Å². The summed E-state index contributed by atoms with van der Waals surface area (Å²) in [6.45, 7) is 3.75. The zero-order chi connectivity index (χ0) is 10.1. The molecular formula is C13H24N2. The predicted molar refractivity (Wildman–Crippen MR) is 62.8 cm³/mol. The van der Waals surface area contributed by atoms with E-state index in [-0.39, 0.29) is 0 Å². The Labute approximate surface area is 93.2 Å². The number of piperidine rings is 1. The molecule has 2 bridgehead atoms. The van der Waals surface area contributed by atoms with Gasteiger partial charge in [0.1, 0.15) is 0 Å². The number of hydrogen-bond acceptors (Lipinski definition) is 2. The quantitative estimate of drug-likeness (QED) is 0.738. The first-order valence-corrected chi connectivity index (χ1v) is 6.86. The molecule has 3 rings (SSSR count). The van der Waals surface area contributed by atoms with E-state index < -0.39 is 0 Å². The molecule has 2 N–H and O–H groups in total. The number of fused-ring (bicyclic) bond motifs is 2. The van der Waals surface area contributed by atoms with Crippen molar-refractivity contribution in [2.75, 3.05) is 19.6 Å². The smallest absolute Gasteiger partial charge is 0.00981 e. The van der Waals surface area contributed by atoms with Gasteiger partial charge in [-0.25, -0.2) is 0 Å². The van der Waals surface area contributed by atoms with Gasteiger partial charge >= 0.3 is 0 Å². The molecule has 15 heavy (non-hydrogen) atoms. The van der Waals surface area contributed by atoms with Crippen molar-refractivity contribution < 1.29 is 0 Å². The normalized spacial score (nSPS) is 44.8. The summed E-state index contributed by atoms with van der Waals surface area (Å²) in [5.74, 6) is 3.02. The first-order valence-electron chi connectivity index (χ1n) is 6.86. The highest BCUT2D eigenvalue weighted by molar-refractivity contribution is 4.94. The molecule has 0 aromatic carbocycles. The topological polar surface area (TPSA) is 24.1 Å². The van der Waals surface area contributed by atoms with Crippen LogP contribution in [0.3, 0.4) is 0 Å². The highest BCUT2D eigenvalue weighted by Crippen LogP contribution is 2.44. The molecule has 2 heteroatoms. The lowest BCUT2D eigenvalue weighted by atomic mass is 9.94. The maximum atomic E-state index is 3.84. The molecule has 2 aliphatic carbocycles. The van der Waals surface area contributed by atoms with Gasteiger partial charge in [-0.15, -0.1) is 0 Å². The maximum absolute atomic E-state index is 3.84. The number of nitrogens with one attached hydrogen (secondary N) is 2. The lowest BCUT2D eigenvalue weighted by Gasteiger charge is -2.28. The lowest BCUT2D eigenvalue weighted by Crippen LogP contribution is -2.41. The van der Waals surface area contributed by atoms with Crippen LogP contribution in [-0.2, 0) is 0 Å². The fourth-order valence-corrected chi connectivity index (χ4v) is 3.91. The molecule has 1 saturated heterocycles. The lowest BCUT2D eigenvalue weighted by molar-refractivity contribution is 0.300. The Balaban J connectivity index is 1.42. The largest absolute Gasteiger partial charge is 0.316 e. The second-order valence-corrected chi connectivity index (χ2v) is 5.90. The van der Waals surface area contributed by atoms with Crippen LogP contribution >= 0.6 is 0 Å². The average molecular weight is 208 g/mol. The molecule has 0 amide bonds. The van der Waals surface area contributed by atoms with Gasteiger partial charge in [0, 0.05) is 6.04 Å². The number of hydrogen-bond donors (Lipinski definition) is 2. The molecule has 1 heterocycles. The minimum atomic E-state index is 0.880. The van der Waals surface area contributed by atoms with Crippen LogP contribution in [0.5, 0.6) is 0 Å². The predicted octanol–water partition coefficient (Wildman–Crippen LogP) is 1.76. The van der Waals surface area contributed by atoms with Crippen molar-refractivity contribution in [3.63, 3.8) is 0 Å². The van der Waals surface area contributed by atoms with Crippen LogP contribution in [0.15, 0.2) is 0 Å². The van der Waals surface area contributed by atoms with Gasteiger partial charge in [-0.2, -0.15) is 0 Å². The second kappa shape index (κ2) is 4.42. The summed E-state index contributed by atoms with van der Waals surface area (Å²) < 4.78 is 0. The Morgan fingerprint density at radius 3 is 2.80 bits per heavy atom. The summed E-state index contributed by atoms with van der Waals surface area (Å²) in [7, 11) is 0. The fourth-order valence-electron chi connectivity index (χ4n) is 3.91. The Morgan fingerprint density at radius 1 is 1.13 bits per heavy atom. The third-order valence-corrected chi connectivity index (χ3v) is 4.81. The Hall–Kier alpha value is -0.0800. The van der Waals surface area contributed by atoms with Crippen LogP contribution in [0, 0.1) is 17.8 Å². The summed E-state index contributed by atoms with van der Waals surface area (Å²) >= 11 is 0. The standard InChI is InChI=1S/C13H24N2/c1-2-11(8-14-5-1)9-15-13-7-10-3-4-12(13)6-10/h10-15H,1-9H2. The van der Waals surface area contributed by atoms with E-state index in [1.165, 1.54) is 58.2 Å². The zero-order valence-corrected chi connectivity index (χ0v) is 9.67. The van der Waals surface area contributed by atoms with Crippen molar-refractivity contribution >= 4 is 0 Å². The van der Waals surface area contributed by atoms with Gasteiger partial charge in [-0.3, -0.25) is 0 Å². The van der Waals surface area contributed by atoms with E-state index in [9.17, 15) is 0 Å². The average Bonchev–Trinajstić information content (AvgIpc) is 2.89. The van der Waals surface area contributed by atoms with E-state index in [1.807, 2.05) is 0 Å². The van der Waals surface area contributed by atoms with Crippen molar-refractivity contribution in [3.05, 3.63) is 0 Å². The van der Waals surface area contributed by atoms with E-state index in [4.69, 9.17) is 0 Å². The highest BCUT2D eigenvalue weighted by Gasteiger charge is 2.39. The fraction of sp³-hybridized carbons (Fsp3) is 1.00. The third-order valence-electron chi connectivity index (χ3n) is 4.81. The van der Waals surface area contributed by atoms with Crippen molar-refractivity contribution in [2.24, 2.45) is 17.8 Å². The summed E-state index contributed by atoms with van der Waals surface area (Å²) in [6, 6.07) is 0.880. The highest BCUT2D eigenvalue weighted by atomic mass is 15.0. The van der Waals surface area contributed by atoms with Crippen LogP contribution in [0.2, 0.25) is 0 Å². The zero-order valence-electron chi connectivity index (χ0n) is 9.67. The van der Waals surface area contributed by atoms with Crippen molar-refractivity contribution in [2.45, 2.75) is 44.6 Å². The first-order chi connectivity index (χ1) is 7.42. The van der Waals surface area contributed by atoms with Gasteiger partial charge in [-0.05, 0) is 69.5 Å². The molecule has 0 aromatic rings. The molecule has 0 radical (unpaired) electrons. The molecule has 86 valence electrons. The molecule has 3 aliphatic rings. The van der Waals surface area contributed by atoms with Crippen LogP contribution in [0.25, 0.3) is 0 Å². The van der Waals surface area contributed by atoms with Crippen LogP contribution in [0.1, 0.15) is 38.5 Å². The maximum Gasteiger partial charge on any atom is 0.00981 e. The second-order valence-electron chi connectivity index (χ2n) is 5.90. The SMILES string of the molecule is C1CNCC(CNC2CC3CCC2C3)C1. The summed E-state index contributed by atoms with van der Waals surface area (Å²) in [6.07, 6.45) is 8.84. The van der Waals surface area contributed by atoms with Gasteiger partial charge < -0.3 is 10.6 Å². The van der Waals surface area contributed by atoms with E-state index in [1.54, 1.807) is 0 Å². The Kier molecular flexibility index (Phi) is 2.98.